The maximum Gasteiger partial charge on any atom is 0.241 e. The smallest absolute Gasteiger partial charge is 0.241 e. The fourth-order valence-corrected chi connectivity index (χ4v) is 3.57. The third kappa shape index (κ3) is 3.24. The number of carbonyl (C=O) groups is 1. The second kappa shape index (κ2) is 5.18. The molecule has 2 rings (SSSR count). The van der Waals surface area contributed by atoms with Crippen LogP contribution in [0.1, 0.15) is 18.4 Å². The highest BCUT2D eigenvalue weighted by Crippen LogP contribution is 2.19. The van der Waals surface area contributed by atoms with Crippen molar-refractivity contribution in [2.45, 2.75) is 30.7 Å². The molecule has 1 aromatic carbocycles. The average Bonchev–Trinajstić information content (AvgIpc) is 2.35. The highest BCUT2D eigenvalue weighted by molar-refractivity contribution is 7.89. The minimum Gasteiger partial charge on any atom is -0.399 e. The molecule has 1 fully saturated rings. The Bertz CT molecular complexity index is 588. The molecule has 1 aliphatic rings. The summed E-state index contributed by atoms with van der Waals surface area (Å²) >= 11 is 0. The fourth-order valence-electron chi connectivity index (χ4n) is 2.02. The molecule has 4 N–H and O–H groups in total. The maximum absolute atomic E-state index is 12.3. The van der Waals surface area contributed by atoms with Crippen molar-refractivity contribution in [2.24, 2.45) is 0 Å². The Labute approximate surface area is 112 Å². The number of hydrogen-bond acceptors (Lipinski definition) is 4. The van der Waals surface area contributed by atoms with Crippen LogP contribution in [0.2, 0.25) is 0 Å². The van der Waals surface area contributed by atoms with Crippen molar-refractivity contribution in [3.63, 3.8) is 0 Å². The van der Waals surface area contributed by atoms with E-state index in [0.717, 1.165) is 0 Å². The molecule has 0 spiro atoms. The lowest BCUT2D eigenvalue weighted by atomic mass is 10.1. The number of nitrogens with two attached hydrogens (primary N) is 1. The summed E-state index contributed by atoms with van der Waals surface area (Å²) < 4.78 is 27.2. The van der Waals surface area contributed by atoms with Gasteiger partial charge >= 0.3 is 0 Å². The van der Waals surface area contributed by atoms with Gasteiger partial charge in [0.2, 0.25) is 15.9 Å². The molecule has 1 saturated heterocycles. The van der Waals surface area contributed by atoms with Crippen molar-refractivity contribution in [3.8, 4) is 0 Å². The van der Waals surface area contributed by atoms with Crippen LogP contribution in [-0.4, -0.2) is 26.9 Å². The first-order chi connectivity index (χ1) is 8.88. The monoisotopic (exact) mass is 283 g/mol. The van der Waals surface area contributed by atoms with E-state index < -0.39 is 10.0 Å². The van der Waals surface area contributed by atoms with E-state index in [0.29, 0.717) is 30.6 Å². The van der Waals surface area contributed by atoms with Gasteiger partial charge < -0.3 is 11.1 Å². The molecule has 7 heteroatoms. The molecule has 0 bridgehead atoms. The maximum atomic E-state index is 12.3. The number of nitrogens with one attached hydrogen (secondary N) is 2. The number of rotatable bonds is 3. The highest BCUT2D eigenvalue weighted by atomic mass is 32.2. The molecule has 1 unspecified atom stereocenters. The number of amides is 1. The van der Waals surface area contributed by atoms with Crippen LogP contribution in [0.3, 0.4) is 0 Å². The molecule has 1 atom stereocenters. The van der Waals surface area contributed by atoms with E-state index in [-0.39, 0.29) is 16.8 Å². The summed E-state index contributed by atoms with van der Waals surface area (Å²) in [6, 6.07) is 4.50. The molecule has 19 heavy (non-hydrogen) atoms. The summed E-state index contributed by atoms with van der Waals surface area (Å²) in [4.78, 5) is 11.2. The Kier molecular flexibility index (Phi) is 3.77. The molecule has 1 aliphatic heterocycles. The predicted octanol–water partition coefficient (Wildman–Crippen LogP) is 0.134. The van der Waals surface area contributed by atoms with Gasteiger partial charge in [0.1, 0.15) is 0 Å². The fraction of sp³-hybridized carbons (Fsp3) is 0.417. The Morgan fingerprint density at radius 3 is 2.79 bits per heavy atom. The minimum atomic E-state index is -3.61. The largest absolute Gasteiger partial charge is 0.399 e. The van der Waals surface area contributed by atoms with E-state index in [1.165, 1.54) is 6.07 Å². The molecule has 0 aliphatic carbocycles. The number of carbonyl (C=O) groups excluding carboxylic acids is 1. The second-order valence-corrected chi connectivity index (χ2v) is 6.37. The molecule has 1 heterocycles. The van der Waals surface area contributed by atoms with Gasteiger partial charge in [0.15, 0.2) is 0 Å². The molecule has 104 valence electrons. The second-order valence-electron chi connectivity index (χ2n) is 4.69. The first-order valence-electron chi connectivity index (χ1n) is 6.03. The van der Waals surface area contributed by atoms with Gasteiger partial charge in [-0.25, -0.2) is 13.1 Å². The zero-order valence-electron chi connectivity index (χ0n) is 10.6. The number of sulfonamides is 1. The van der Waals surface area contributed by atoms with E-state index in [1.807, 2.05) is 0 Å². The normalized spacial score (nSPS) is 20.1. The van der Waals surface area contributed by atoms with Crippen molar-refractivity contribution in [3.05, 3.63) is 23.8 Å². The molecular weight excluding hydrogens is 266 g/mol. The van der Waals surface area contributed by atoms with Gasteiger partial charge in [-0.15, -0.1) is 0 Å². The third-order valence-electron chi connectivity index (χ3n) is 3.09. The molecule has 0 radical (unpaired) electrons. The van der Waals surface area contributed by atoms with Crippen LogP contribution in [0, 0.1) is 6.92 Å². The summed E-state index contributed by atoms with van der Waals surface area (Å²) in [7, 11) is -3.61. The van der Waals surface area contributed by atoms with Gasteiger partial charge in [0, 0.05) is 24.7 Å². The van der Waals surface area contributed by atoms with Gasteiger partial charge in [-0.1, -0.05) is 6.07 Å². The van der Waals surface area contributed by atoms with Gasteiger partial charge in [-0.05, 0) is 31.0 Å². The lowest BCUT2D eigenvalue weighted by Gasteiger charge is -2.23. The Hall–Kier alpha value is -1.60. The summed E-state index contributed by atoms with van der Waals surface area (Å²) in [5.74, 6) is -0.0458. The van der Waals surface area contributed by atoms with E-state index in [1.54, 1.807) is 19.1 Å². The van der Waals surface area contributed by atoms with Crippen LogP contribution < -0.4 is 15.8 Å². The Morgan fingerprint density at radius 1 is 1.42 bits per heavy atom. The van der Waals surface area contributed by atoms with Gasteiger partial charge in [0.05, 0.1) is 4.90 Å². The topological polar surface area (TPSA) is 101 Å². The van der Waals surface area contributed by atoms with E-state index in [4.69, 9.17) is 5.73 Å². The van der Waals surface area contributed by atoms with Crippen LogP contribution in [0.15, 0.2) is 23.1 Å². The number of aryl methyl sites for hydroxylation is 1. The van der Waals surface area contributed by atoms with Crippen molar-refractivity contribution in [1.82, 2.24) is 10.0 Å². The first-order valence-corrected chi connectivity index (χ1v) is 7.52. The number of benzene rings is 1. The lowest BCUT2D eigenvalue weighted by molar-refractivity contribution is -0.122. The predicted molar refractivity (Wildman–Crippen MR) is 71.9 cm³/mol. The highest BCUT2D eigenvalue weighted by Gasteiger charge is 2.25. The standard InChI is InChI=1S/C12H17N3O3S/c1-8-2-3-9(13)6-11(8)19(17,18)15-10-4-5-12(16)14-7-10/h2-3,6,10,15H,4-5,7,13H2,1H3,(H,14,16). The van der Waals surface area contributed by atoms with Crippen LogP contribution in [0.25, 0.3) is 0 Å². The molecule has 0 aromatic heterocycles. The van der Waals surface area contributed by atoms with Crippen LogP contribution >= 0.6 is 0 Å². The number of nitrogen functional groups attached to an aromatic ring is 1. The summed E-state index contributed by atoms with van der Waals surface area (Å²) in [5.41, 5.74) is 6.67. The quantitative estimate of drug-likeness (QED) is 0.686. The Morgan fingerprint density at radius 2 is 2.16 bits per heavy atom. The average molecular weight is 283 g/mol. The molecule has 1 aromatic rings. The van der Waals surface area contributed by atoms with E-state index >= 15 is 0 Å². The lowest BCUT2D eigenvalue weighted by Crippen LogP contribution is -2.47. The number of anilines is 1. The number of piperidine rings is 1. The zero-order chi connectivity index (χ0) is 14.0. The summed E-state index contributed by atoms with van der Waals surface area (Å²) in [6.45, 7) is 2.04. The van der Waals surface area contributed by atoms with E-state index in [9.17, 15) is 13.2 Å². The summed E-state index contributed by atoms with van der Waals surface area (Å²) in [5, 5.41) is 2.64. The van der Waals surface area contributed by atoms with Crippen molar-refractivity contribution < 1.29 is 13.2 Å². The van der Waals surface area contributed by atoms with Gasteiger partial charge in [0.25, 0.3) is 0 Å². The SMILES string of the molecule is Cc1ccc(N)cc1S(=O)(=O)NC1CCC(=O)NC1. The van der Waals surface area contributed by atoms with Crippen molar-refractivity contribution >= 4 is 21.6 Å². The third-order valence-corrected chi connectivity index (χ3v) is 4.75. The van der Waals surface area contributed by atoms with E-state index in [2.05, 4.69) is 10.0 Å². The summed E-state index contributed by atoms with van der Waals surface area (Å²) in [6.07, 6.45) is 0.843. The molecular formula is C12H17N3O3S. The van der Waals surface area contributed by atoms with Crippen LogP contribution in [0.5, 0.6) is 0 Å². The van der Waals surface area contributed by atoms with Crippen LogP contribution in [0.4, 0.5) is 5.69 Å². The zero-order valence-corrected chi connectivity index (χ0v) is 11.5. The molecule has 0 saturated carbocycles. The number of hydrogen-bond donors (Lipinski definition) is 3. The molecule has 1 amide bonds. The minimum absolute atomic E-state index is 0.0458. The van der Waals surface area contributed by atoms with Crippen LogP contribution in [-0.2, 0) is 14.8 Å². The molecule has 6 nitrogen and oxygen atoms in total. The Balaban J connectivity index is 2.18. The van der Waals surface area contributed by atoms with Gasteiger partial charge in [-0.3, -0.25) is 4.79 Å². The van der Waals surface area contributed by atoms with Gasteiger partial charge in [-0.2, -0.15) is 0 Å². The van der Waals surface area contributed by atoms with Crippen molar-refractivity contribution in [1.29, 1.82) is 0 Å². The van der Waals surface area contributed by atoms with Crippen molar-refractivity contribution in [2.75, 3.05) is 12.3 Å². The first kappa shape index (κ1) is 13.8.